The van der Waals surface area contributed by atoms with E-state index in [0.717, 1.165) is 63.8 Å². The van der Waals surface area contributed by atoms with Crippen LogP contribution < -0.4 is 10.2 Å². The summed E-state index contributed by atoms with van der Waals surface area (Å²) < 4.78 is 0. The van der Waals surface area contributed by atoms with Gasteiger partial charge in [0.2, 0.25) is 0 Å². The topological polar surface area (TPSA) is 32.3 Å². The number of carbonyl (C=O) groups is 1. The molecule has 2 saturated carbocycles. The zero-order chi connectivity index (χ0) is 18.6. The Bertz CT molecular complexity index is 816. The minimum atomic E-state index is -0.0429. The maximum atomic E-state index is 12.6. The lowest BCUT2D eigenvalue weighted by Gasteiger charge is -2.48. The molecule has 4 aliphatic rings. The summed E-state index contributed by atoms with van der Waals surface area (Å²) in [6, 6.07) is 4.74. The summed E-state index contributed by atoms with van der Waals surface area (Å²) in [5, 5.41) is 3.44. The molecular weight excluding hydrogens is 332 g/mol. The van der Waals surface area contributed by atoms with Gasteiger partial charge in [-0.05, 0) is 73.1 Å². The van der Waals surface area contributed by atoms with Crippen molar-refractivity contribution in [1.29, 1.82) is 0 Å². The van der Waals surface area contributed by atoms with Gasteiger partial charge in [-0.3, -0.25) is 4.79 Å². The summed E-state index contributed by atoms with van der Waals surface area (Å²) in [5.74, 6) is 5.37. The highest BCUT2D eigenvalue weighted by molar-refractivity contribution is 5.87. The molecule has 1 aromatic rings. The van der Waals surface area contributed by atoms with Crippen molar-refractivity contribution in [3.63, 3.8) is 0 Å². The third-order valence-electron chi connectivity index (χ3n) is 8.16. The molecule has 27 heavy (non-hydrogen) atoms. The minimum Gasteiger partial charge on any atom is -0.368 e. The molecule has 0 bridgehead atoms. The number of benzene rings is 1. The first-order valence-electron chi connectivity index (χ1n) is 10.7. The van der Waals surface area contributed by atoms with Crippen molar-refractivity contribution in [3.05, 3.63) is 28.8 Å². The van der Waals surface area contributed by atoms with Gasteiger partial charge >= 0.3 is 0 Å². The van der Waals surface area contributed by atoms with E-state index in [1.54, 1.807) is 5.56 Å². The van der Waals surface area contributed by atoms with Gasteiger partial charge in [-0.2, -0.15) is 0 Å². The number of carbonyl (C=O) groups excluding carboxylic acids is 1. The summed E-state index contributed by atoms with van der Waals surface area (Å²) in [6.45, 7) is 6.35. The van der Waals surface area contributed by atoms with E-state index in [2.05, 4.69) is 35.2 Å². The highest BCUT2D eigenvalue weighted by Crippen LogP contribution is 2.59. The monoisotopic (exact) mass is 362 g/mol. The average molecular weight is 363 g/mol. The van der Waals surface area contributed by atoms with Crippen molar-refractivity contribution in [1.82, 2.24) is 5.32 Å². The normalized spacial score (nSPS) is 35.2. The molecule has 0 amide bonds. The summed E-state index contributed by atoms with van der Waals surface area (Å²) in [4.78, 5) is 15.0. The number of aryl methyl sites for hydroxylation is 1. The van der Waals surface area contributed by atoms with Gasteiger partial charge in [-0.25, -0.2) is 0 Å². The first-order chi connectivity index (χ1) is 13.1. The fourth-order valence-electron chi connectivity index (χ4n) is 6.66. The zero-order valence-electron chi connectivity index (χ0n) is 16.4. The van der Waals surface area contributed by atoms with Crippen LogP contribution in [0.25, 0.3) is 0 Å². The summed E-state index contributed by atoms with van der Waals surface area (Å²) in [5.41, 5.74) is 5.29. The van der Waals surface area contributed by atoms with E-state index in [1.807, 2.05) is 0 Å². The number of terminal acetylenes is 1. The van der Waals surface area contributed by atoms with Gasteiger partial charge < -0.3 is 10.2 Å². The lowest BCUT2D eigenvalue weighted by atomic mass is 9.55. The van der Waals surface area contributed by atoms with Gasteiger partial charge in [0, 0.05) is 43.6 Å². The second-order valence-electron chi connectivity index (χ2n) is 9.28. The maximum Gasteiger partial charge on any atom is 0.139 e. The highest BCUT2D eigenvalue weighted by atomic mass is 16.1. The van der Waals surface area contributed by atoms with Crippen LogP contribution in [0, 0.1) is 29.6 Å². The molecule has 0 aromatic heterocycles. The predicted molar refractivity (Wildman–Crippen MR) is 109 cm³/mol. The van der Waals surface area contributed by atoms with Crippen LogP contribution in [0.4, 0.5) is 5.69 Å². The first-order valence-corrected chi connectivity index (χ1v) is 10.7. The van der Waals surface area contributed by atoms with Crippen molar-refractivity contribution in [2.24, 2.45) is 17.3 Å². The van der Waals surface area contributed by atoms with Crippen molar-refractivity contribution in [2.45, 2.75) is 51.4 Å². The second kappa shape index (κ2) is 6.38. The number of nitrogens with one attached hydrogen (secondary N) is 1. The third-order valence-corrected chi connectivity index (χ3v) is 8.16. The number of Topliss-reactive ketones (excluding diaryl/α,β-unsaturated/α-hetero) is 1. The molecule has 3 fully saturated rings. The predicted octanol–water partition coefficient (Wildman–Crippen LogP) is 3.50. The number of ketones is 1. The van der Waals surface area contributed by atoms with Gasteiger partial charge in [0.25, 0.3) is 0 Å². The lowest BCUT2D eigenvalue weighted by Crippen LogP contribution is -2.44. The number of hydrogen-bond donors (Lipinski definition) is 1. The molecule has 1 N–H and O–H groups in total. The first kappa shape index (κ1) is 17.3. The van der Waals surface area contributed by atoms with Crippen LogP contribution in [-0.4, -0.2) is 32.0 Å². The zero-order valence-corrected chi connectivity index (χ0v) is 16.4. The molecule has 1 aromatic carbocycles. The van der Waals surface area contributed by atoms with E-state index in [-0.39, 0.29) is 5.41 Å². The smallest absolute Gasteiger partial charge is 0.139 e. The Labute approximate surface area is 162 Å². The Balaban J connectivity index is 1.53. The second-order valence-corrected chi connectivity index (χ2v) is 9.28. The van der Waals surface area contributed by atoms with Crippen molar-refractivity contribution >= 4 is 11.5 Å². The number of fused-ring (bicyclic) bond motifs is 5. The largest absolute Gasteiger partial charge is 0.368 e. The van der Waals surface area contributed by atoms with Gasteiger partial charge in [-0.1, -0.05) is 12.8 Å². The molecule has 5 rings (SSSR count). The Hall–Kier alpha value is -1.79. The highest BCUT2D eigenvalue weighted by Gasteiger charge is 2.54. The summed E-state index contributed by atoms with van der Waals surface area (Å²) in [7, 11) is 0. The molecule has 3 nitrogen and oxygen atoms in total. The van der Waals surface area contributed by atoms with Crippen LogP contribution in [0.3, 0.4) is 0 Å². The van der Waals surface area contributed by atoms with Gasteiger partial charge in [0.15, 0.2) is 0 Å². The van der Waals surface area contributed by atoms with Gasteiger partial charge in [0.05, 0.1) is 5.69 Å². The Morgan fingerprint density at radius 1 is 1.19 bits per heavy atom. The SMILES string of the molecule is C#Cc1cc2c(cc1N1CCNCC1)[C@H]1CC[C@]3(C)C(=O)CC[C@H]3[C@@H]1CC2. The number of anilines is 1. The van der Waals surface area contributed by atoms with Crippen LogP contribution in [0.1, 0.15) is 61.6 Å². The van der Waals surface area contributed by atoms with Crippen molar-refractivity contribution in [3.8, 4) is 12.3 Å². The Morgan fingerprint density at radius 2 is 2.00 bits per heavy atom. The van der Waals surface area contributed by atoms with E-state index in [1.165, 1.54) is 17.7 Å². The quantitative estimate of drug-likeness (QED) is 0.776. The van der Waals surface area contributed by atoms with Gasteiger partial charge in [0.1, 0.15) is 5.78 Å². The molecule has 142 valence electrons. The van der Waals surface area contributed by atoms with E-state index in [9.17, 15) is 4.79 Å². The molecular formula is C24H30N2O. The third kappa shape index (κ3) is 2.57. The molecule has 1 aliphatic heterocycles. The minimum absolute atomic E-state index is 0.0429. The van der Waals surface area contributed by atoms with Gasteiger partial charge in [-0.15, -0.1) is 6.42 Å². The molecule has 4 atom stereocenters. The number of piperazine rings is 1. The molecule has 0 radical (unpaired) electrons. The van der Waals surface area contributed by atoms with E-state index >= 15 is 0 Å². The molecule has 0 unspecified atom stereocenters. The number of rotatable bonds is 1. The number of hydrogen-bond acceptors (Lipinski definition) is 3. The number of nitrogens with zero attached hydrogens (tertiary/aromatic N) is 1. The van der Waals surface area contributed by atoms with E-state index in [0.29, 0.717) is 23.5 Å². The molecule has 0 spiro atoms. The Morgan fingerprint density at radius 3 is 2.78 bits per heavy atom. The molecule has 1 heterocycles. The molecule has 3 aliphatic carbocycles. The van der Waals surface area contributed by atoms with Crippen LogP contribution in [0.2, 0.25) is 0 Å². The van der Waals surface area contributed by atoms with Crippen molar-refractivity contribution < 1.29 is 4.79 Å². The lowest BCUT2D eigenvalue weighted by molar-refractivity contribution is -0.129. The van der Waals surface area contributed by atoms with Crippen LogP contribution in [0.15, 0.2) is 12.1 Å². The molecule has 3 heteroatoms. The fraction of sp³-hybridized carbons (Fsp3) is 0.625. The van der Waals surface area contributed by atoms with E-state index < -0.39 is 0 Å². The standard InChI is InChI=1S/C24H30N2O/c1-3-16-14-17-4-5-19-18(8-9-24(2)21(19)6-7-23(24)27)20(17)15-22(16)26-12-10-25-11-13-26/h1,14-15,18-19,21,25H,4-13H2,2H3/t18-,19+,21-,24-/m0/s1. The summed E-state index contributed by atoms with van der Waals surface area (Å²) >= 11 is 0. The molecule has 1 saturated heterocycles. The van der Waals surface area contributed by atoms with Crippen LogP contribution >= 0.6 is 0 Å². The van der Waals surface area contributed by atoms with Crippen molar-refractivity contribution in [2.75, 3.05) is 31.1 Å². The fourth-order valence-corrected chi connectivity index (χ4v) is 6.66. The Kier molecular flexibility index (Phi) is 4.09. The van der Waals surface area contributed by atoms with E-state index in [4.69, 9.17) is 6.42 Å². The average Bonchev–Trinajstić information content (AvgIpc) is 3.02. The van der Waals surface area contributed by atoms with Crippen LogP contribution in [0.5, 0.6) is 0 Å². The van der Waals surface area contributed by atoms with Crippen LogP contribution in [-0.2, 0) is 11.2 Å². The summed E-state index contributed by atoms with van der Waals surface area (Å²) in [6.07, 6.45) is 12.4. The maximum absolute atomic E-state index is 12.6.